The van der Waals surface area contributed by atoms with Crippen molar-refractivity contribution in [1.82, 2.24) is 5.43 Å². The monoisotopic (exact) mass is 319 g/mol. The van der Waals surface area contributed by atoms with Gasteiger partial charge in [0.2, 0.25) is 0 Å². The van der Waals surface area contributed by atoms with Gasteiger partial charge in [-0.2, -0.15) is 5.26 Å². The molecular weight excluding hydrogens is 306 g/mol. The number of para-hydroxylation sites is 1. The van der Waals surface area contributed by atoms with E-state index < -0.39 is 11.8 Å². The van der Waals surface area contributed by atoms with Gasteiger partial charge < -0.3 is 4.74 Å². The first-order valence-corrected chi connectivity index (χ1v) is 7.21. The molecule has 6 heteroatoms. The van der Waals surface area contributed by atoms with Gasteiger partial charge in [0.1, 0.15) is 17.4 Å². The number of hydrazine groups is 1. The molecule has 6 nitrogen and oxygen atoms in total. The number of carbonyl (C=O) groups is 2. The molecule has 0 aromatic heterocycles. The van der Waals surface area contributed by atoms with Gasteiger partial charge in [-0.1, -0.05) is 30.3 Å². The molecule has 24 heavy (non-hydrogen) atoms. The molecule has 0 radical (unpaired) electrons. The largest absolute Gasteiger partial charge is 0.479 e. The van der Waals surface area contributed by atoms with Crippen LogP contribution in [0.15, 0.2) is 60.2 Å². The zero-order chi connectivity index (χ0) is 16.9. The van der Waals surface area contributed by atoms with E-state index in [4.69, 9.17) is 10.00 Å². The quantitative estimate of drug-likeness (QED) is 0.690. The molecule has 2 aromatic rings. The van der Waals surface area contributed by atoms with Crippen molar-refractivity contribution >= 4 is 23.6 Å². The summed E-state index contributed by atoms with van der Waals surface area (Å²) < 4.78 is 5.16. The zero-order valence-corrected chi connectivity index (χ0v) is 12.6. The number of benzene rings is 2. The fraction of sp³-hybridized carbons (Fsp3) is 0.0556. The molecule has 0 unspecified atom stereocenters. The Morgan fingerprint density at radius 1 is 1.08 bits per heavy atom. The van der Waals surface area contributed by atoms with E-state index in [0.29, 0.717) is 17.0 Å². The number of anilines is 1. The Balaban J connectivity index is 1.81. The number of carbonyl (C=O) groups excluding carboxylic acids is 2. The van der Waals surface area contributed by atoms with Crippen molar-refractivity contribution in [2.75, 3.05) is 11.6 Å². The first kappa shape index (κ1) is 15.3. The summed E-state index contributed by atoms with van der Waals surface area (Å²) in [7, 11) is 0. The lowest BCUT2D eigenvalue weighted by Crippen LogP contribution is -2.35. The normalized spacial score (nSPS) is 15.3. The smallest absolute Gasteiger partial charge is 0.282 e. The van der Waals surface area contributed by atoms with E-state index >= 15 is 0 Å². The summed E-state index contributed by atoms with van der Waals surface area (Å²) in [5.74, 6) is -0.309. The molecule has 1 fully saturated rings. The Morgan fingerprint density at radius 2 is 1.79 bits per heavy atom. The van der Waals surface area contributed by atoms with Crippen LogP contribution in [0.5, 0.6) is 5.75 Å². The molecule has 0 aliphatic carbocycles. The Hall–Kier alpha value is -3.59. The average molecular weight is 319 g/mol. The lowest BCUT2D eigenvalue weighted by molar-refractivity contribution is -0.117. The SMILES string of the molecule is N#CCOc1ccc(C=C2C(=O)NN(c3ccccc3)C2=O)cc1. The fourth-order valence-electron chi connectivity index (χ4n) is 2.26. The summed E-state index contributed by atoms with van der Waals surface area (Å²) in [5, 5.41) is 9.70. The van der Waals surface area contributed by atoms with Gasteiger partial charge in [-0.15, -0.1) is 0 Å². The minimum absolute atomic E-state index is 0.0344. The minimum Gasteiger partial charge on any atom is -0.479 e. The Bertz CT molecular complexity index is 836. The maximum Gasteiger partial charge on any atom is 0.282 e. The first-order valence-electron chi connectivity index (χ1n) is 7.21. The molecule has 1 heterocycles. The van der Waals surface area contributed by atoms with Gasteiger partial charge in [-0.3, -0.25) is 15.0 Å². The summed E-state index contributed by atoms with van der Waals surface area (Å²) in [4.78, 5) is 24.5. The van der Waals surface area contributed by atoms with Gasteiger partial charge in [-0.25, -0.2) is 5.01 Å². The number of hydrogen-bond donors (Lipinski definition) is 1. The molecule has 3 rings (SSSR count). The Kier molecular flexibility index (Phi) is 4.25. The standard InChI is InChI=1S/C18H13N3O3/c19-10-11-24-15-8-6-13(7-9-15)12-16-17(22)20-21(18(16)23)14-4-2-1-3-5-14/h1-9,12H,11H2,(H,20,22). The number of hydrogen-bond acceptors (Lipinski definition) is 4. The number of nitrogens with one attached hydrogen (secondary N) is 1. The average Bonchev–Trinajstić information content (AvgIpc) is 2.90. The molecule has 2 aromatic carbocycles. The third-order valence-corrected chi connectivity index (χ3v) is 3.40. The van der Waals surface area contributed by atoms with Crippen molar-refractivity contribution in [1.29, 1.82) is 5.26 Å². The molecule has 0 spiro atoms. The van der Waals surface area contributed by atoms with E-state index in [2.05, 4.69) is 5.43 Å². The van der Waals surface area contributed by atoms with Crippen LogP contribution >= 0.6 is 0 Å². The summed E-state index contributed by atoms with van der Waals surface area (Å²) in [5.41, 5.74) is 3.89. The third kappa shape index (κ3) is 3.10. The van der Waals surface area contributed by atoms with Crippen LogP contribution in [-0.4, -0.2) is 18.4 Å². The third-order valence-electron chi connectivity index (χ3n) is 3.40. The maximum atomic E-state index is 12.4. The molecule has 0 bridgehead atoms. The number of nitriles is 1. The highest BCUT2D eigenvalue weighted by Crippen LogP contribution is 2.21. The highest BCUT2D eigenvalue weighted by atomic mass is 16.5. The van der Waals surface area contributed by atoms with Crippen molar-refractivity contribution in [3.8, 4) is 11.8 Å². The van der Waals surface area contributed by atoms with Gasteiger partial charge in [0, 0.05) is 0 Å². The van der Waals surface area contributed by atoms with Gasteiger partial charge in [0.15, 0.2) is 6.61 Å². The van der Waals surface area contributed by atoms with E-state index in [-0.39, 0.29) is 12.2 Å². The molecule has 1 saturated heterocycles. The molecular formula is C18H13N3O3. The van der Waals surface area contributed by atoms with E-state index in [9.17, 15) is 9.59 Å². The van der Waals surface area contributed by atoms with Gasteiger partial charge in [0.25, 0.3) is 11.8 Å². The van der Waals surface area contributed by atoms with Crippen molar-refractivity contribution in [2.45, 2.75) is 0 Å². The molecule has 1 aliphatic heterocycles. The van der Waals surface area contributed by atoms with E-state index in [0.717, 1.165) is 0 Å². The zero-order valence-electron chi connectivity index (χ0n) is 12.6. The molecule has 0 saturated carbocycles. The van der Waals surface area contributed by atoms with Crippen molar-refractivity contribution in [3.05, 3.63) is 65.7 Å². The van der Waals surface area contributed by atoms with Crippen LogP contribution in [0, 0.1) is 11.3 Å². The predicted molar refractivity (Wildman–Crippen MR) is 87.6 cm³/mol. The lowest BCUT2D eigenvalue weighted by atomic mass is 10.1. The fourth-order valence-corrected chi connectivity index (χ4v) is 2.26. The number of nitrogens with zero attached hydrogens (tertiary/aromatic N) is 2. The van der Waals surface area contributed by atoms with Crippen LogP contribution in [0.1, 0.15) is 5.56 Å². The number of amides is 2. The van der Waals surface area contributed by atoms with Crippen molar-refractivity contribution < 1.29 is 14.3 Å². The Labute approximate surface area is 138 Å². The summed E-state index contributed by atoms with van der Waals surface area (Å²) in [6, 6.07) is 17.6. The number of rotatable bonds is 4. The van der Waals surface area contributed by atoms with Gasteiger partial charge in [-0.05, 0) is 35.9 Å². The second-order valence-corrected chi connectivity index (χ2v) is 4.99. The molecule has 2 amide bonds. The van der Waals surface area contributed by atoms with Gasteiger partial charge >= 0.3 is 0 Å². The van der Waals surface area contributed by atoms with Crippen molar-refractivity contribution in [2.24, 2.45) is 0 Å². The van der Waals surface area contributed by atoms with Gasteiger partial charge in [0.05, 0.1) is 5.69 Å². The summed E-state index contributed by atoms with van der Waals surface area (Å²) >= 11 is 0. The second-order valence-electron chi connectivity index (χ2n) is 4.99. The summed E-state index contributed by atoms with van der Waals surface area (Å²) in [6.07, 6.45) is 1.52. The van der Waals surface area contributed by atoms with Crippen LogP contribution in [0.4, 0.5) is 5.69 Å². The minimum atomic E-state index is -0.450. The maximum absolute atomic E-state index is 12.4. The molecule has 1 aliphatic rings. The number of ether oxygens (including phenoxy) is 1. The van der Waals surface area contributed by atoms with E-state index in [1.807, 2.05) is 12.1 Å². The van der Waals surface area contributed by atoms with Crippen LogP contribution in [-0.2, 0) is 9.59 Å². The first-order chi connectivity index (χ1) is 11.7. The highest BCUT2D eigenvalue weighted by molar-refractivity contribution is 6.31. The van der Waals surface area contributed by atoms with Crippen LogP contribution in [0.25, 0.3) is 6.08 Å². The molecule has 0 atom stereocenters. The predicted octanol–water partition coefficient (Wildman–Crippen LogP) is 2.05. The lowest BCUT2D eigenvalue weighted by Gasteiger charge is -2.13. The molecule has 118 valence electrons. The van der Waals surface area contributed by atoms with E-state index in [1.165, 1.54) is 11.1 Å². The molecule has 1 N–H and O–H groups in total. The topological polar surface area (TPSA) is 82.4 Å². The highest BCUT2D eigenvalue weighted by Gasteiger charge is 2.34. The van der Waals surface area contributed by atoms with Crippen molar-refractivity contribution in [3.63, 3.8) is 0 Å². The summed E-state index contributed by atoms with van der Waals surface area (Å²) in [6.45, 7) is -0.0344. The Morgan fingerprint density at radius 3 is 2.46 bits per heavy atom. The van der Waals surface area contributed by atoms with E-state index in [1.54, 1.807) is 48.5 Å². The second kappa shape index (κ2) is 6.67. The van der Waals surface area contributed by atoms with Crippen LogP contribution in [0.2, 0.25) is 0 Å². The van der Waals surface area contributed by atoms with Crippen LogP contribution in [0.3, 0.4) is 0 Å². The van der Waals surface area contributed by atoms with Crippen LogP contribution < -0.4 is 15.2 Å².